The maximum absolute atomic E-state index is 12.5. The lowest BCUT2D eigenvalue weighted by molar-refractivity contribution is -0.126. The van der Waals surface area contributed by atoms with Gasteiger partial charge in [-0.3, -0.25) is 9.69 Å². The first kappa shape index (κ1) is 19.2. The van der Waals surface area contributed by atoms with Crippen LogP contribution in [0, 0.1) is 5.92 Å². The lowest BCUT2D eigenvalue weighted by Gasteiger charge is -2.32. The molecule has 0 saturated carbocycles. The normalized spacial score (nSPS) is 18.0. The van der Waals surface area contributed by atoms with Crippen LogP contribution in [0.3, 0.4) is 0 Å². The third-order valence-electron chi connectivity index (χ3n) is 4.77. The average Bonchev–Trinajstić information content (AvgIpc) is 3.15. The Morgan fingerprint density at radius 3 is 2.85 bits per heavy atom. The van der Waals surface area contributed by atoms with E-state index in [0.29, 0.717) is 23.1 Å². The summed E-state index contributed by atoms with van der Waals surface area (Å²) in [7, 11) is 0. The van der Waals surface area contributed by atoms with Gasteiger partial charge in [0, 0.05) is 54.2 Å². The molecule has 5 nitrogen and oxygen atoms in total. The summed E-state index contributed by atoms with van der Waals surface area (Å²) in [4.78, 5) is 18.8. The van der Waals surface area contributed by atoms with E-state index in [1.807, 2.05) is 29.0 Å². The predicted octanol–water partition coefficient (Wildman–Crippen LogP) is 3.61. The van der Waals surface area contributed by atoms with Crippen LogP contribution in [-0.4, -0.2) is 40.0 Å². The second-order valence-corrected chi connectivity index (χ2v) is 7.53. The molecule has 1 fully saturated rings. The van der Waals surface area contributed by atoms with Crippen LogP contribution in [0.4, 0.5) is 0 Å². The number of nitrogens with one attached hydrogen (secondary N) is 1. The molecule has 1 amide bonds. The van der Waals surface area contributed by atoms with Gasteiger partial charge in [-0.2, -0.15) is 0 Å². The lowest BCUT2D eigenvalue weighted by Crippen LogP contribution is -2.43. The number of halogens is 2. The summed E-state index contributed by atoms with van der Waals surface area (Å²) in [6, 6.07) is 5.57. The number of aromatic nitrogens is 2. The van der Waals surface area contributed by atoms with Gasteiger partial charge in [0.2, 0.25) is 5.91 Å². The number of aryl methyl sites for hydroxylation is 1. The van der Waals surface area contributed by atoms with E-state index in [9.17, 15) is 4.79 Å². The predicted molar refractivity (Wildman–Crippen MR) is 104 cm³/mol. The zero-order valence-corrected chi connectivity index (χ0v) is 16.2. The van der Waals surface area contributed by atoms with Gasteiger partial charge in [-0.15, -0.1) is 0 Å². The van der Waals surface area contributed by atoms with Gasteiger partial charge >= 0.3 is 0 Å². The lowest BCUT2D eigenvalue weighted by atomic mass is 9.96. The van der Waals surface area contributed by atoms with E-state index in [-0.39, 0.29) is 11.8 Å². The maximum atomic E-state index is 12.5. The van der Waals surface area contributed by atoms with Crippen LogP contribution in [0.15, 0.2) is 36.9 Å². The number of carbonyl (C=O) groups is 1. The first-order valence-corrected chi connectivity index (χ1v) is 9.78. The number of benzene rings is 1. The van der Waals surface area contributed by atoms with Crippen molar-refractivity contribution >= 4 is 29.1 Å². The number of hydrogen-bond acceptors (Lipinski definition) is 3. The number of hydrogen-bond donors (Lipinski definition) is 1. The number of carbonyl (C=O) groups excluding carboxylic acids is 1. The monoisotopic (exact) mass is 394 g/mol. The van der Waals surface area contributed by atoms with Crippen molar-refractivity contribution in [1.82, 2.24) is 19.8 Å². The van der Waals surface area contributed by atoms with Gasteiger partial charge in [-0.05, 0) is 37.9 Å². The molecule has 140 valence electrons. The van der Waals surface area contributed by atoms with Crippen molar-refractivity contribution in [3.05, 3.63) is 52.5 Å². The van der Waals surface area contributed by atoms with Crippen molar-refractivity contribution in [1.29, 1.82) is 0 Å². The van der Waals surface area contributed by atoms with Crippen molar-refractivity contribution in [3.8, 4) is 0 Å². The summed E-state index contributed by atoms with van der Waals surface area (Å²) in [5.74, 6) is 0.170. The number of amides is 1. The highest BCUT2D eigenvalue weighted by Gasteiger charge is 2.26. The van der Waals surface area contributed by atoms with Crippen molar-refractivity contribution in [3.63, 3.8) is 0 Å². The maximum Gasteiger partial charge on any atom is 0.224 e. The third kappa shape index (κ3) is 5.22. The quantitative estimate of drug-likeness (QED) is 0.729. The minimum atomic E-state index is 0.0262. The Morgan fingerprint density at radius 2 is 2.12 bits per heavy atom. The molecule has 3 rings (SSSR count). The molecule has 0 spiro atoms. The Bertz CT molecular complexity index is 700. The molecule has 0 aliphatic carbocycles. The van der Waals surface area contributed by atoms with Gasteiger partial charge in [-0.25, -0.2) is 4.98 Å². The fourth-order valence-corrected chi connectivity index (χ4v) is 3.87. The molecule has 1 aliphatic heterocycles. The molecular formula is C19H24Cl2N4O. The summed E-state index contributed by atoms with van der Waals surface area (Å²) >= 11 is 12.6. The number of nitrogens with zero attached hydrogens (tertiary/aromatic N) is 3. The zero-order valence-electron chi connectivity index (χ0n) is 14.7. The van der Waals surface area contributed by atoms with E-state index in [0.717, 1.165) is 44.5 Å². The molecule has 0 bridgehead atoms. The first-order chi connectivity index (χ1) is 12.6. The van der Waals surface area contributed by atoms with E-state index in [4.69, 9.17) is 23.2 Å². The second kappa shape index (κ2) is 9.40. The average molecular weight is 395 g/mol. The van der Waals surface area contributed by atoms with Crippen LogP contribution < -0.4 is 5.32 Å². The van der Waals surface area contributed by atoms with Gasteiger partial charge in [-0.1, -0.05) is 29.3 Å². The Balaban J connectivity index is 1.46. The van der Waals surface area contributed by atoms with E-state index in [1.54, 1.807) is 12.5 Å². The highest BCUT2D eigenvalue weighted by Crippen LogP contribution is 2.27. The first-order valence-electron chi connectivity index (χ1n) is 9.02. The molecule has 1 saturated heterocycles. The summed E-state index contributed by atoms with van der Waals surface area (Å²) in [5.41, 5.74) is 0.942. The molecule has 2 heterocycles. The molecule has 1 atom stereocenters. The van der Waals surface area contributed by atoms with Crippen molar-refractivity contribution in [2.45, 2.75) is 32.4 Å². The molecular weight excluding hydrogens is 371 g/mol. The Labute approximate surface area is 164 Å². The van der Waals surface area contributed by atoms with Crippen LogP contribution >= 0.6 is 23.2 Å². The fraction of sp³-hybridized carbons (Fsp3) is 0.474. The van der Waals surface area contributed by atoms with E-state index >= 15 is 0 Å². The van der Waals surface area contributed by atoms with Gasteiger partial charge in [0.1, 0.15) is 0 Å². The van der Waals surface area contributed by atoms with Gasteiger partial charge in [0.25, 0.3) is 0 Å². The molecule has 2 aromatic rings. The Morgan fingerprint density at radius 1 is 1.31 bits per heavy atom. The summed E-state index contributed by atoms with van der Waals surface area (Å²) in [6.07, 6.45) is 8.32. The zero-order chi connectivity index (χ0) is 18.4. The van der Waals surface area contributed by atoms with E-state index in [2.05, 4.69) is 15.2 Å². The second-order valence-electron chi connectivity index (χ2n) is 6.72. The molecule has 0 radical (unpaired) electrons. The highest BCUT2D eigenvalue weighted by molar-refractivity contribution is 6.35. The van der Waals surface area contributed by atoms with E-state index < -0.39 is 0 Å². The van der Waals surface area contributed by atoms with Crippen molar-refractivity contribution < 1.29 is 4.79 Å². The molecule has 1 aromatic heterocycles. The smallest absolute Gasteiger partial charge is 0.224 e. The summed E-state index contributed by atoms with van der Waals surface area (Å²) in [5, 5.41) is 4.44. The fourth-order valence-electron chi connectivity index (χ4n) is 3.36. The third-order valence-corrected chi connectivity index (χ3v) is 5.48. The van der Waals surface area contributed by atoms with Crippen LogP contribution in [0.25, 0.3) is 0 Å². The number of imidazole rings is 1. The molecule has 1 aliphatic rings. The SMILES string of the molecule is O=C(NCCCn1ccnc1)C1CCCN(Cc2c(Cl)cccc2Cl)C1. The standard InChI is InChI=1S/C19H24Cl2N4O/c20-17-5-1-6-18(21)16(17)13-25-9-2-4-15(12-25)19(26)23-7-3-10-24-11-8-22-14-24/h1,5-6,8,11,14-15H,2-4,7,9-10,12-13H2,(H,23,26). The number of likely N-dealkylation sites (tertiary alicyclic amines) is 1. The summed E-state index contributed by atoms with van der Waals surface area (Å²) < 4.78 is 2.02. The van der Waals surface area contributed by atoms with Crippen LogP contribution in [0.2, 0.25) is 10.0 Å². The van der Waals surface area contributed by atoms with Crippen LogP contribution in [0.1, 0.15) is 24.8 Å². The number of piperidine rings is 1. The van der Waals surface area contributed by atoms with Gasteiger partial charge < -0.3 is 9.88 Å². The van der Waals surface area contributed by atoms with Gasteiger partial charge in [0.05, 0.1) is 12.2 Å². The van der Waals surface area contributed by atoms with Crippen molar-refractivity contribution in [2.75, 3.05) is 19.6 Å². The molecule has 1 aromatic carbocycles. The summed E-state index contributed by atoms with van der Waals surface area (Å²) in [6.45, 7) is 3.94. The van der Waals surface area contributed by atoms with Crippen LogP contribution in [0.5, 0.6) is 0 Å². The highest BCUT2D eigenvalue weighted by atomic mass is 35.5. The molecule has 1 unspecified atom stereocenters. The van der Waals surface area contributed by atoms with Gasteiger partial charge in [0.15, 0.2) is 0 Å². The Hall–Kier alpha value is -1.56. The van der Waals surface area contributed by atoms with Crippen molar-refractivity contribution in [2.24, 2.45) is 5.92 Å². The van der Waals surface area contributed by atoms with Crippen LogP contribution in [-0.2, 0) is 17.9 Å². The molecule has 26 heavy (non-hydrogen) atoms. The van der Waals surface area contributed by atoms with E-state index in [1.165, 1.54) is 0 Å². The Kier molecular flexibility index (Phi) is 6.94. The minimum absolute atomic E-state index is 0.0262. The molecule has 7 heteroatoms. The number of rotatable bonds is 7. The molecule has 1 N–H and O–H groups in total. The topological polar surface area (TPSA) is 50.2 Å². The largest absolute Gasteiger partial charge is 0.356 e. The minimum Gasteiger partial charge on any atom is -0.356 e.